The lowest BCUT2D eigenvalue weighted by Crippen LogP contribution is -2.37. The van der Waals surface area contributed by atoms with Gasteiger partial charge >= 0.3 is 6.09 Å². The maximum atomic E-state index is 12.9. The van der Waals surface area contributed by atoms with E-state index in [2.05, 4.69) is 25.3 Å². The fourth-order valence-electron chi connectivity index (χ4n) is 3.36. The number of rotatable bonds is 8. The van der Waals surface area contributed by atoms with Gasteiger partial charge in [-0.15, -0.1) is 11.3 Å². The predicted octanol–water partition coefficient (Wildman–Crippen LogP) is 4.32. The lowest BCUT2D eigenvalue weighted by Gasteiger charge is -2.26. The molecule has 0 aliphatic rings. The first-order valence-corrected chi connectivity index (χ1v) is 12.2. The number of fused-ring (bicyclic) bond motifs is 1. The molecule has 182 valence electrons. The van der Waals surface area contributed by atoms with Crippen LogP contribution in [0.4, 0.5) is 4.79 Å². The van der Waals surface area contributed by atoms with Gasteiger partial charge in [0.15, 0.2) is 0 Å². The summed E-state index contributed by atoms with van der Waals surface area (Å²) in [7, 11) is 0. The Hall–Kier alpha value is -3.79. The summed E-state index contributed by atoms with van der Waals surface area (Å²) in [6, 6.07) is 11.4. The highest BCUT2D eigenvalue weighted by Gasteiger charge is 2.24. The molecule has 0 atom stereocenters. The number of hydrogen-bond acceptors (Lipinski definition) is 7. The molecule has 4 rings (SSSR count). The van der Waals surface area contributed by atoms with Crippen LogP contribution in [0.3, 0.4) is 0 Å². The first kappa shape index (κ1) is 24.3. The quantitative estimate of drug-likeness (QED) is 0.379. The number of H-pyrrole nitrogens is 1. The summed E-state index contributed by atoms with van der Waals surface area (Å²) in [5.41, 5.74) is 2.45. The van der Waals surface area contributed by atoms with E-state index in [4.69, 9.17) is 4.74 Å². The molecule has 0 saturated carbocycles. The van der Waals surface area contributed by atoms with E-state index < -0.39 is 11.7 Å². The molecule has 0 fully saturated rings. The minimum atomic E-state index is -0.621. The number of para-hydroxylation sites is 2. The molecule has 0 aliphatic heterocycles. The second kappa shape index (κ2) is 10.6. The van der Waals surface area contributed by atoms with E-state index in [1.165, 1.54) is 11.3 Å². The zero-order chi connectivity index (χ0) is 24.8. The van der Waals surface area contributed by atoms with Crippen molar-refractivity contribution in [2.45, 2.75) is 45.9 Å². The number of amides is 2. The Kier molecular flexibility index (Phi) is 7.40. The highest BCUT2D eigenvalue weighted by atomic mass is 32.1. The number of carbonyl (C=O) groups excluding carboxylic acids is 2. The van der Waals surface area contributed by atoms with Crippen LogP contribution in [0.1, 0.15) is 47.7 Å². The van der Waals surface area contributed by atoms with Crippen molar-refractivity contribution >= 4 is 34.4 Å². The van der Waals surface area contributed by atoms with Crippen molar-refractivity contribution in [2.24, 2.45) is 0 Å². The molecule has 10 heteroatoms. The van der Waals surface area contributed by atoms with Crippen molar-refractivity contribution in [1.82, 2.24) is 30.2 Å². The number of carbonyl (C=O) groups is 2. The lowest BCUT2D eigenvalue weighted by molar-refractivity contribution is 0.0231. The average molecular weight is 493 g/mol. The van der Waals surface area contributed by atoms with Crippen molar-refractivity contribution in [3.05, 3.63) is 76.3 Å². The Morgan fingerprint density at radius 3 is 2.63 bits per heavy atom. The van der Waals surface area contributed by atoms with Gasteiger partial charge in [-0.25, -0.2) is 14.8 Å². The van der Waals surface area contributed by atoms with E-state index in [9.17, 15) is 9.59 Å². The number of thiazole rings is 1. The van der Waals surface area contributed by atoms with E-state index in [1.54, 1.807) is 22.7 Å². The number of aromatic amines is 1. The maximum absolute atomic E-state index is 12.9. The van der Waals surface area contributed by atoms with Crippen LogP contribution >= 0.6 is 11.3 Å². The fraction of sp³-hybridized carbons (Fsp3) is 0.320. The molecular formula is C25H28N6O3S. The summed E-state index contributed by atoms with van der Waals surface area (Å²) in [6.45, 7) is 6.55. The number of ether oxygens (including phenoxy) is 1. The average Bonchev–Trinajstić information content (AvgIpc) is 3.46. The predicted molar refractivity (Wildman–Crippen MR) is 134 cm³/mol. The topological polar surface area (TPSA) is 113 Å². The van der Waals surface area contributed by atoms with Crippen LogP contribution in [-0.4, -0.2) is 49.0 Å². The normalized spacial score (nSPS) is 11.4. The van der Waals surface area contributed by atoms with Crippen LogP contribution in [0.2, 0.25) is 0 Å². The van der Waals surface area contributed by atoms with Gasteiger partial charge in [-0.1, -0.05) is 12.1 Å². The molecule has 9 nitrogen and oxygen atoms in total. The molecule has 4 aromatic rings. The summed E-state index contributed by atoms with van der Waals surface area (Å²) in [6.07, 6.45) is 3.43. The van der Waals surface area contributed by atoms with E-state index in [1.807, 2.05) is 57.2 Å². The Balaban J connectivity index is 1.40. The zero-order valence-corrected chi connectivity index (χ0v) is 20.8. The summed E-state index contributed by atoms with van der Waals surface area (Å²) in [5, 5.41) is 5.36. The number of nitrogens with zero attached hydrogens (tertiary/aromatic N) is 4. The molecule has 3 heterocycles. The van der Waals surface area contributed by atoms with Crippen LogP contribution in [0, 0.1) is 0 Å². The minimum Gasteiger partial charge on any atom is -0.444 e. The molecule has 0 radical (unpaired) electrons. The highest BCUT2D eigenvalue weighted by molar-refractivity contribution is 7.09. The van der Waals surface area contributed by atoms with Gasteiger partial charge in [0.1, 0.15) is 17.1 Å². The van der Waals surface area contributed by atoms with E-state index in [-0.39, 0.29) is 12.5 Å². The highest BCUT2D eigenvalue weighted by Crippen LogP contribution is 2.17. The fourth-order valence-corrected chi connectivity index (χ4v) is 4.12. The minimum absolute atomic E-state index is 0.240. The first-order chi connectivity index (χ1) is 16.8. The van der Waals surface area contributed by atoms with Crippen LogP contribution in [0.5, 0.6) is 0 Å². The number of imidazole rings is 1. The number of nitrogens with one attached hydrogen (secondary N) is 2. The van der Waals surface area contributed by atoms with Crippen LogP contribution in [0.15, 0.2) is 54.2 Å². The molecule has 35 heavy (non-hydrogen) atoms. The van der Waals surface area contributed by atoms with E-state index in [0.717, 1.165) is 21.6 Å². The van der Waals surface area contributed by atoms with Crippen LogP contribution < -0.4 is 5.32 Å². The van der Waals surface area contributed by atoms with Crippen molar-refractivity contribution in [2.75, 3.05) is 6.54 Å². The van der Waals surface area contributed by atoms with Crippen molar-refractivity contribution in [1.29, 1.82) is 0 Å². The third-order valence-corrected chi connectivity index (χ3v) is 5.92. The van der Waals surface area contributed by atoms with Gasteiger partial charge in [-0.3, -0.25) is 9.78 Å². The first-order valence-electron chi connectivity index (χ1n) is 11.3. The van der Waals surface area contributed by atoms with Gasteiger partial charge in [-0.2, -0.15) is 0 Å². The molecule has 0 bridgehead atoms. The van der Waals surface area contributed by atoms with Gasteiger partial charge in [0.25, 0.3) is 5.91 Å². The molecular weight excluding hydrogens is 464 g/mol. The molecule has 0 saturated heterocycles. The third kappa shape index (κ3) is 6.86. The SMILES string of the molecule is CC(C)(C)OC(=O)N(CCc1nc(C(=O)NCc2ccncc2)cs1)Cc1nc2ccccc2[nH]1. The van der Waals surface area contributed by atoms with Crippen molar-refractivity contribution in [3.8, 4) is 0 Å². The van der Waals surface area contributed by atoms with Crippen LogP contribution in [-0.2, 0) is 24.2 Å². The maximum Gasteiger partial charge on any atom is 0.410 e. The van der Waals surface area contributed by atoms with Gasteiger partial charge in [0, 0.05) is 37.3 Å². The Morgan fingerprint density at radius 2 is 1.89 bits per heavy atom. The second-order valence-corrected chi connectivity index (χ2v) is 9.96. The van der Waals surface area contributed by atoms with Gasteiger partial charge in [0.05, 0.1) is 22.6 Å². The molecule has 0 spiro atoms. The summed E-state index contributed by atoms with van der Waals surface area (Å²) in [4.78, 5) is 43.3. The Morgan fingerprint density at radius 1 is 1.11 bits per heavy atom. The largest absolute Gasteiger partial charge is 0.444 e. The summed E-state index contributed by atoms with van der Waals surface area (Å²) in [5.74, 6) is 0.433. The Bertz CT molecular complexity index is 1260. The molecule has 3 aromatic heterocycles. The molecule has 0 unspecified atom stereocenters. The third-order valence-electron chi connectivity index (χ3n) is 5.01. The van der Waals surface area contributed by atoms with Crippen molar-refractivity contribution in [3.63, 3.8) is 0 Å². The molecule has 2 N–H and O–H groups in total. The number of hydrogen-bond donors (Lipinski definition) is 2. The number of aromatic nitrogens is 4. The summed E-state index contributed by atoms with van der Waals surface area (Å²) < 4.78 is 5.61. The monoisotopic (exact) mass is 492 g/mol. The van der Waals surface area contributed by atoms with E-state index in [0.29, 0.717) is 31.0 Å². The number of pyridine rings is 1. The second-order valence-electron chi connectivity index (χ2n) is 9.02. The summed E-state index contributed by atoms with van der Waals surface area (Å²) >= 11 is 1.39. The van der Waals surface area contributed by atoms with E-state index >= 15 is 0 Å². The molecule has 2 amide bonds. The molecule has 1 aromatic carbocycles. The van der Waals surface area contributed by atoms with Crippen LogP contribution in [0.25, 0.3) is 11.0 Å². The van der Waals surface area contributed by atoms with Gasteiger partial charge in [0.2, 0.25) is 0 Å². The standard InChI is InChI=1S/C25H28N6O3S/c1-25(2,3)34-24(33)31(15-21-28-18-6-4-5-7-19(18)29-21)13-10-22-30-20(16-35-22)23(32)27-14-17-8-11-26-12-9-17/h4-9,11-12,16H,10,13-15H2,1-3H3,(H,27,32)(H,28,29). The molecule has 0 aliphatic carbocycles. The lowest BCUT2D eigenvalue weighted by atomic mass is 10.2. The smallest absolute Gasteiger partial charge is 0.410 e. The Labute approximate surface area is 207 Å². The number of benzene rings is 1. The zero-order valence-electron chi connectivity index (χ0n) is 19.9. The van der Waals surface area contributed by atoms with Gasteiger partial charge in [-0.05, 0) is 50.6 Å². The van der Waals surface area contributed by atoms with Crippen molar-refractivity contribution < 1.29 is 14.3 Å². The van der Waals surface area contributed by atoms with Gasteiger partial charge < -0.3 is 19.9 Å².